The molecule has 1 heterocycles. The van der Waals surface area contributed by atoms with Gasteiger partial charge in [-0.2, -0.15) is 0 Å². The van der Waals surface area contributed by atoms with Crippen molar-refractivity contribution in [3.05, 3.63) is 0 Å². The second kappa shape index (κ2) is 5.53. The number of sulfone groups is 1. The molecular weight excluding hydrogens is 210 g/mol. The highest BCUT2D eigenvalue weighted by atomic mass is 32.2. The molecule has 4 heteroatoms. The molecule has 2 unspecified atom stereocenters. The Balaban J connectivity index is 2.77. The summed E-state index contributed by atoms with van der Waals surface area (Å²) in [4.78, 5) is 0. The molecule has 0 aromatic carbocycles. The van der Waals surface area contributed by atoms with Gasteiger partial charge in [0.15, 0.2) is 9.84 Å². The third-order valence-corrected chi connectivity index (χ3v) is 5.23. The molecule has 86 valence electrons. The Hall–Kier alpha value is -0.530. The predicted molar refractivity (Wildman–Crippen MR) is 62.3 cm³/mol. The molecule has 1 saturated heterocycles. The minimum Gasteiger partial charge on any atom is -0.312 e. The van der Waals surface area contributed by atoms with E-state index >= 15 is 0 Å². The molecule has 1 fully saturated rings. The fourth-order valence-corrected chi connectivity index (χ4v) is 4.28. The van der Waals surface area contributed by atoms with Crippen molar-refractivity contribution in [2.75, 3.05) is 12.3 Å². The van der Waals surface area contributed by atoms with Crippen LogP contribution in [0.15, 0.2) is 0 Å². The normalized spacial score (nSPS) is 26.8. The van der Waals surface area contributed by atoms with Gasteiger partial charge in [-0.05, 0) is 19.4 Å². The summed E-state index contributed by atoms with van der Waals surface area (Å²) in [5.74, 6) is 2.88. The fraction of sp³-hybridized carbons (Fsp3) is 0.818. The Morgan fingerprint density at radius 2 is 2.27 bits per heavy atom. The van der Waals surface area contributed by atoms with E-state index in [1.807, 2.05) is 6.92 Å². The lowest BCUT2D eigenvalue weighted by Crippen LogP contribution is -2.46. The van der Waals surface area contributed by atoms with Crippen LogP contribution >= 0.6 is 0 Å². The first-order chi connectivity index (χ1) is 7.11. The van der Waals surface area contributed by atoms with Gasteiger partial charge in [0.25, 0.3) is 0 Å². The van der Waals surface area contributed by atoms with Crippen molar-refractivity contribution in [1.82, 2.24) is 5.32 Å². The number of hydrogen-bond donors (Lipinski definition) is 1. The van der Waals surface area contributed by atoms with Gasteiger partial charge >= 0.3 is 0 Å². The molecule has 0 spiro atoms. The standard InChI is InChI=1S/C11H19NO2S/c1-3-7-10(12-4-2)11-8-5-6-9-15(11,13)14/h1,10-12H,4-9H2,2H3. The van der Waals surface area contributed by atoms with Crippen molar-refractivity contribution >= 4 is 9.84 Å². The highest BCUT2D eigenvalue weighted by molar-refractivity contribution is 7.92. The minimum absolute atomic E-state index is 0.0645. The van der Waals surface area contributed by atoms with Crippen molar-refractivity contribution in [2.24, 2.45) is 0 Å². The first-order valence-electron chi connectivity index (χ1n) is 5.50. The number of terminal acetylenes is 1. The maximum Gasteiger partial charge on any atom is 0.154 e. The molecule has 0 aliphatic carbocycles. The molecule has 0 radical (unpaired) electrons. The molecule has 2 atom stereocenters. The van der Waals surface area contributed by atoms with Crippen molar-refractivity contribution in [1.29, 1.82) is 0 Å². The molecule has 0 amide bonds. The van der Waals surface area contributed by atoms with Gasteiger partial charge < -0.3 is 5.32 Å². The molecule has 3 nitrogen and oxygen atoms in total. The molecule has 1 aliphatic heterocycles. The summed E-state index contributed by atoms with van der Waals surface area (Å²) in [7, 11) is -2.93. The van der Waals surface area contributed by atoms with Crippen LogP contribution in [0.2, 0.25) is 0 Å². The Morgan fingerprint density at radius 1 is 1.53 bits per heavy atom. The smallest absolute Gasteiger partial charge is 0.154 e. The third-order valence-electron chi connectivity index (χ3n) is 2.88. The van der Waals surface area contributed by atoms with E-state index in [4.69, 9.17) is 6.42 Å². The Bertz CT molecular complexity index is 329. The third kappa shape index (κ3) is 3.22. The lowest BCUT2D eigenvalue weighted by molar-refractivity contribution is 0.448. The van der Waals surface area contributed by atoms with Gasteiger partial charge in [-0.3, -0.25) is 0 Å². The zero-order chi connectivity index (χ0) is 11.3. The molecule has 1 rings (SSSR count). The maximum absolute atomic E-state index is 11.9. The summed E-state index contributed by atoms with van der Waals surface area (Å²) in [5, 5.41) is 2.91. The van der Waals surface area contributed by atoms with Crippen LogP contribution in [0.25, 0.3) is 0 Å². The molecule has 0 bridgehead atoms. The van der Waals surface area contributed by atoms with E-state index in [0.29, 0.717) is 12.2 Å². The van der Waals surface area contributed by atoms with Crippen molar-refractivity contribution in [2.45, 2.75) is 43.9 Å². The molecule has 15 heavy (non-hydrogen) atoms. The van der Waals surface area contributed by atoms with Crippen LogP contribution in [0.5, 0.6) is 0 Å². The van der Waals surface area contributed by atoms with E-state index in [0.717, 1.165) is 25.8 Å². The van der Waals surface area contributed by atoms with Crippen molar-refractivity contribution in [3.63, 3.8) is 0 Å². The molecule has 1 N–H and O–H groups in total. The summed E-state index contributed by atoms with van der Waals surface area (Å²) in [6, 6.07) is -0.0645. The lowest BCUT2D eigenvalue weighted by Gasteiger charge is -2.29. The van der Waals surface area contributed by atoms with E-state index < -0.39 is 9.84 Å². The van der Waals surface area contributed by atoms with Crippen LogP contribution in [-0.4, -0.2) is 32.0 Å². The van der Waals surface area contributed by atoms with Gasteiger partial charge in [-0.25, -0.2) is 8.42 Å². The monoisotopic (exact) mass is 229 g/mol. The van der Waals surface area contributed by atoms with E-state index in [9.17, 15) is 8.42 Å². The highest BCUT2D eigenvalue weighted by Crippen LogP contribution is 2.23. The van der Waals surface area contributed by atoms with E-state index in [2.05, 4.69) is 11.2 Å². The van der Waals surface area contributed by atoms with Crippen LogP contribution in [0.4, 0.5) is 0 Å². The van der Waals surface area contributed by atoms with Gasteiger partial charge in [-0.15, -0.1) is 12.3 Å². The molecule has 0 aromatic rings. The van der Waals surface area contributed by atoms with Crippen LogP contribution < -0.4 is 5.32 Å². The van der Waals surface area contributed by atoms with Crippen LogP contribution in [0.1, 0.15) is 32.6 Å². The second-order valence-corrected chi connectivity index (χ2v) is 6.31. The fourth-order valence-electron chi connectivity index (χ4n) is 2.16. The predicted octanol–water partition coefficient (Wildman–Crippen LogP) is 0.955. The van der Waals surface area contributed by atoms with Crippen LogP contribution in [-0.2, 0) is 9.84 Å². The number of rotatable bonds is 4. The van der Waals surface area contributed by atoms with Crippen LogP contribution in [0.3, 0.4) is 0 Å². The Kier molecular flexibility index (Phi) is 4.62. The van der Waals surface area contributed by atoms with Gasteiger partial charge in [-0.1, -0.05) is 13.3 Å². The maximum atomic E-state index is 11.9. The van der Waals surface area contributed by atoms with E-state index in [1.54, 1.807) is 0 Å². The molecule has 0 aromatic heterocycles. The van der Waals surface area contributed by atoms with Crippen molar-refractivity contribution < 1.29 is 8.42 Å². The topological polar surface area (TPSA) is 46.2 Å². The minimum atomic E-state index is -2.93. The highest BCUT2D eigenvalue weighted by Gasteiger charge is 2.34. The number of nitrogens with one attached hydrogen (secondary N) is 1. The van der Waals surface area contributed by atoms with Crippen LogP contribution in [0, 0.1) is 12.3 Å². The first-order valence-corrected chi connectivity index (χ1v) is 7.21. The van der Waals surface area contributed by atoms with Gasteiger partial charge in [0.1, 0.15) is 0 Å². The zero-order valence-corrected chi connectivity index (χ0v) is 10.0. The van der Waals surface area contributed by atoms with Crippen molar-refractivity contribution in [3.8, 4) is 12.3 Å². The summed E-state index contributed by atoms with van der Waals surface area (Å²) in [6.07, 6.45) is 8.32. The molecule has 1 aliphatic rings. The zero-order valence-electron chi connectivity index (χ0n) is 9.20. The number of hydrogen-bond acceptors (Lipinski definition) is 3. The average molecular weight is 229 g/mol. The van der Waals surface area contributed by atoms with E-state index in [1.165, 1.54) is 0 Å². The first kappa shape index (κ1) is 12.5. The summed E-state index contributed by atoms with van der Waals surface area (Å²) < 4.78 is 23.7. The van der Waals surface area contributed by atoms with Gasteiger partial charge in [0, 0.05) is 12.5 Å². The summed E-state index contributed by atoms with van der Waals surface area (Å²) in [6.45, 7) is 2.73. The largest absolute Gasteiger partial charge is 0.312 e. The quantitative estimate of drug-likeness (QED) is 0.730. The second-order valence-electron chi connectivity index (χ2n) is 3.97. The molecule has 0 saturated carbocycles. The SMILES string of the molecule is C#CCC(NCC)C1CCCCS1(=O)=O. The average Bonchev–Trinajstić information content (AvgIpc) is 2.17. The van der Waals surface area contributed by atoms with Gasteiger partial charge in [0.05, 0.1) is 11.0 Å². The summed E-state index contributed by atoms with van der Waals surface area (Å²) >= 11 is 0. The molecular formula is C11H19NO2S. The Morgan fingerprint density at radius 3 is 2.80 bits per heavy atom. The summed E-state index contributed by atoms with van der Waals surface area (Å²) in [5.41, 5.74) is 0. The Labute approximate surface area is 92.6 Å². The van der Waals surface area contributed by atoms with Gasteiger partial charge in [0.2, 0.25) is 0 Å². The van der Waals surface area contributed by atoms with E-state index in [-0.39, 0.29) is 11.3 Å². The lowest BCUT2D eigenvalue weighted by atomic mass is 10.0.